The Kier molecular flexibility index (Phi) is 6.84. The first kappa shape index (κ1) is 23.1. The van der Waals surface area contributed by atoms with Crippen molar-refractivity contribution in [1.29, 1.82) is 0 Å². The lowest BCUT2D eigenvalue weighted by molar-refractivity contribution is 0.00120. The van der Waals surface area contributed by atoms with E-state index in [1.54, 1.807) is 4.90 Å². The third-order valence-corrected chi connectivity index (χ3v) is 6.52. The van der Waals surface area contributed by atoms with E-state index in [9.17, 15) is 14.0 Å². The van der Waals surface area contributed by atoms with Gasteiger partial charge in [-0.1, -0.05) is 11.6 Å². The Labute approximate surface area is 188 Å². The smallest absolute Gasteiger partial charge is 0.410 e. The number of rotatable bonds is 4. The van der Waals surface area contributed by atoms with E-state index >= 15 is 0 Å². The molecule has 3 atom stereocenters. The number of benzene rings is 1. The zero-order chi connectivity index (χ0) is 22.2. The van der Waals surface area contributed by atoms with Crippen molar-refractivity contribution in [1.82, 2.24) is 10.2 Å². The molecule has 2 heterocycles. The van der Waals surface area contributed by atoms with Crippen molar-refractivity contribution in [3.8, 4) is 5.75 Å². The Bertz CT molecular complexity index is 847. The predicted molar refractivity (Wildman–Crippen MR) is 113 cm³/mol. The molecule has 0 aliphatic carbocycles. The van der Waals surface area contributed by atoms with Crippen LogP contribution in [0.4, 0.5) is 9.18 Å². The minimum atomic E-state index is -0.758. The molecule has 10 heteroatoms. The number of nitrogens with zero attached hydrogens (tertiary/aromatic N) is 1. The largest absolute Gasteiger partial charge is 0.489 e. The number of nitrogens with one attached hydrogen (secondary N) is 1. The van der Waals surface area contributed by atoms with Crippen molar-refractivity contribution in [3.63, 3.8) is 0 Å². The molecule has 2 bridgehead atoms. The van der Waals surface area contributed by atoms with Gasteiger partial charge in [-0.2, -0.15) is 0 Å². The molecule has 1 aromatic rings. The topological polar surface area (TPSA) is 77.1 Å². The second kappa shape index (κ2) is 8.88. The average molecular weight is 508 g/mol. The number of esters is 1. The fraction of sp³-hybridized carbons (Fsp3) is 0.600. The molecule has 2 aliphatic rings. The number of carbonyl (C=O) groups excluding carboxylic acids is 2. The minimum Gasteiger partial charge on any atom is -0.489 e. The maximum Gasteiger partial charge on any atom is 0.410 e. The zero-order valence-electron chi connectivity index (χ0n) is 17.3. The van der Waals surface area contributed by atoms with E-state index in [1.165, 1.54) is 7.11 Å². The summed E-state index contributed by atoms with van der Waals surface area (Å²) in [5, 5.41) is 3.33. The molecule has 1 amide bonds. The summed E-state index contributed by atoms with van der Waals surface area (Å²) in [4.78, 5) is 26.6. The van der Waals surface area contributed by atoms with Crippen LogP contribution in [-0.2, 0) is 9.47 Å². The SMILES string of the molecule is COC(=O)c1cc(F)c(Br)c(Cl)c1OC[C@H]1NC[C@@H]2CC[C@H]1N2C(=O)OC(C)(C)C. The van der Waals surface area contributed by atoms with Crippen molar-refractivity contribution in [3.05, 3.63) is 26.9 Å². The van der Waals surface area contributed by atoms with Crippen LogP contribution in [0, 0.1) is 5.82 Å². The lowest BCUT2D eigenvalue weighted by Crippen LogP contribution is -2.61. The molecule has 2 aliphatic heterocycles. The molecule has 0 radical (unpaired) electrons. The zero-order valence-corrected chi connectivity index (χ0v) is 19.6. The molecule has 2 saturated heterocycles. The fourth-order valence-electron chi connectivity index (χ4n) is 3.85. The first-order valence-corrected chi connectivity index (χ1v) is 10.8. The minimum absolute atomic E-state index is 0.000245. The van der Waals surface area contributed by atoms with Gasteiger partial charge in [0.1, 0.15) is 28.6 Å². The van der Waals surface area contributed by atoms with Crippen LogP contribution in [0.15, 0.2) is 10.5 Å². The number of halogens is 3. The molecule has 3 rings (SSSR count). The molecule has 7 nitrogen and oxygen atoms in total. The van der Waals surface area contributed by atoms with Crippen LogP contribution >= 0.6 is 27.5 Å². The molecule has 30 heavy (non-hydrogen) atoms. The van der Waals surface area contributed by atoms with Crippen molar-refractivity contribution in [2.24, 2.45) is 0 Å². The fourth-order valence-corrected chi connectivity index (χ4v) is 4.40. The van der Waals surface area contributed by atoms with Gasteiger partial charge in [-0.3, -0.25) is 4.90 Å². The summed E-state index contributed by atoms with van der Waals surface area (Å²) in [7, 11) is 1.19. The number of ether oxygens (including phenoxy) is 3. The maximum atomic E-state index is 14.0. The predicted octanol–water partition coefficient (Wildman–Crippen LogP) is 4.15. The average Bonchev–Trinajstić information content (AvgIpc) is 2.99. The van der Waals surface area contributed by atoms with Crippen LogP contribution in [0.25, 0.3) is 0 Å². The van der Waals surface area contributed by atoms with Crippen molar-refractivity contribution < 1.29 is 28.2 Å². The van der Waals surface area contributed by atoms with E-state index in [1.807, 2.05) is 20.8 Å². The second-order valence-electron chi connectivity index (χ2n) is 8.37. The van der Waals surface area contributed by atoms with E-state index < -0.39 is 17.4 Å². The van der Waals surface area contributed by atoms with Gasteiger partial charge >= 0.3 is 12.1 Å². The number of carbonyl (C=O) groups is 2. The van der Waals surface area contributed by atoms with E-state index in [2.05, 4.69) is 21.2 Å². The molecule has 166 valence electrons. The van der Waals surface area contributed by atoms with Gasteiger partial charge in [0.05, 0.1) is 23.7 Å². The Balaban J connectivity index is 1.79. The monoisotopic (exact) mass is 506 g/mol. The molecule has 1 aromatic carbocycles. The highest BCUT2D eigenvalue weighted by molar-refractivity contribution is 9.10. The lowest BCUT2D eigenvalue weighted by atomic mass is 10.1. The first-order chi connectivity index (χ1) is 14.0. The number of fused-ring (bicyclic) bond motifs is 2. The second-order valence-corrected chi connectivity index (χ2v) is 9.54. The molecule has 0 spiro atoms. The van der Waals surface area contributed by atoms with Crippen molar-refractivity contribution in [2.75, 3.05) is 20.3 Å². The van der Waals surface area contributed by atoms with E-state index in [0.29, 0.717) is 6.54 Å². The summed E-state index contributed by atoms with van der Waals surface area (Å²) < 4.78 is 30.2. The quantitative estimate of drug-likeness (QED) is 0.487. The molecular formula is C20H25BrClFN2O5. The van der Waals surface area contributed by atoms with Crippen LogP contribution in [-0.4, -0.2) is 61.0 Å². The summed E-state index contributed by atoms with van der Waals surface area (Å²) in [6.45, 7) is 6.22. The highest BCUT2D eigenvalue weighted by atomic mass is 79.9. The lowest BCUT2D eigenvalue weighted by Gasteiger charge is -2.41. The third-order valence-electron chi connectivity index (χ3n) is 5.16. The van der Waals surface area contributed by atoms with Crippen molar-refractivity contribution in [2.45, 2.75) is 57.3 Å². The normalized spacial score (nSPS) is 23.3. The number of hydrogen-bond donors (Lipinski definition) is 1. The van der Waals surface area contributed by atoms with Crippen LogP contribution in [0.5, 0.6) is 5.75 Å². The van der Waals surface area contributed by atoms with Gasteiger partial charge in [0.25, 0.3) is 0 Å². The summed E-state index contributed by atoms with van der Waals surface area (Å²) in [6.07, 6.45) is 1.32. The molecule has 0 unspecified atom stereocenters. The summed E-state index contributed by atoms with van der Waals surface area (Å²) in [6, 6.07) is 0.754. The Hall–Kier alpha value is -1.58. The Morgan fingerprint density at radius 1 is 1.37 bits per heavy atom. The van der Waals surface area contributed by atoms with Crippen molar-refractivity contribution >= 4 is 39.6 Å². The highest BCUT2D eigenvalue weighted by Crippen LogP contribution is 2.39. The number of methoxy groups -OCH3 is 1. The van der Waals surface area contributed by atoms with Gasteiger partial charge in [0.15, 0.2) is 5.75 Å². The van der Waals surface area contributed by atoms with Crippen LogP contribution in [0.2, 0.25) is 5.02 Å². The first-order valence-electron chi connectivity index (χ1n) is 9.66. The van der Waals surface area contributed by atoms with Gasteiger partial charge < -0.3 is 19.5 Å². The van der Waals surface area contributed by atoms with Crippen LogP contribution in [0.3, 0.4) is 0 Å². The molecule has 0 saturated carbocycles. The number of amides is 1. The number of hydrogen-bond acceptors (Lipinski definition) is 6. The van der Waals surface area contributed by atoms with Crippen LogP contribution in [0.1, 0.15) is 44.0 Å². The Morgan fingerprint density at radius 3 is 2.70 bits per heavy atom. The maximum absolute atomic E-state index is 14.0. The molecule has 0 aromatic heterocycles. The molecule has 2 fully saturated rings. The molecular weight excluding hydrogens is 483 g/mol. The van der Waals surface area contributed by atoms with E-state index in [0.717, 1.165) is 18.9 Å². The summed E-state index contributed by atoms with van der Waals surface area (Å²) in [5.74, 6) is -1.42. The number of piperazine rings is 1. The van der Waals surface area contributed by atoms with E-state index in [4.69, 9.17) is 25.8 Å². The summed E-state index contributed by atoms with van der Waals surface area (Å²) in [5.41, 5.74) is -0.691. The molecule has 1 N–H and O–H groups in total. The van der Waals surface area contributed by atoms with Gasteiger partial charge in [-0.05, 0) is 55.6 Å². The van der Waals surface area contributed by atoms with Gasteiger partial charge in [0.2, 0.25) is 0 Å². The van der Waals surface area contributed by atoms with Crippen LogP contribution < -0.4 is 10.1 Å². The van der Waals surface area contributed by atoms with Gasteiger partial charge in [-0.25, -0.2) is 14.0 Å². The summed E-state index contributed by atoms with van der Waals surface area (Å²) >= 11 is 9.29. The van der Waals surface area contributed by atoms with Gasteiger partial charge in [-0.15, -0.1) is 0 Å². The highest BCUT2D eigenvalue weighted by Gasteiger charge is 2.46. The third kappa shape index (κ3) is 4.68. The Morgan fingerprint density at radius 2 is 2.07 bits per heavy atom. The van der Waals surface area contributed by atoms with E-state index in [-0.39, 0.29) is 51.6 Å². The van der Waals surface area contributed by atoms with Gasteiger partial charge in [0, 0.05) is 12.6 Å². The standard InChI is InChI=1S/C20H25BrClFN2O5/c1-20(2,3)30-19(27)25-10-5-6-14(25)13(24-8-10)9-29-17-11(18(26)28-4)7-12(23)15(21)16(17)22/h7,10,13-14,24H,5-6,8-9H2,1-4H3/t10-,13+,14+/m0/s1.